The highest BCUT2D eigenvalue weighted by Crippen LogP contribution is 2.21. The van der Waals surface area contributed by atoms with Gasteiger partial charge in [0.15, 0.2) is 0 Å². The van der Waals surface area contributed by atoms with E-state index in [1.165, 1.54) is 12.8 Å². The number of rotatable bonds is 8. The fraction of sp³-hybridized carbons (Fsp3) is 0.938. The van der Waals surface area contributed by atoms with E-state index in [0.717, 1.165) is 32.5 Å². The van der Waals surface area contributed by atoms with Crippen LogP contribution >= 0.6 is 0 Å². The van der Waals surface area contributed by atoms with Crippen LogP contribution in [0.15, 0.2) is 0 Å². The van der Waals surface area contributed by atoms with Gasteiger partial charge in [0.2, 0.25) is 0 Å². The van der Waals surface area contributed by atoms with E-state index in [1.807, 2.05) is 6.92 Å². The van der Waals surface area contributed by atoms with E-state index in [0.29, 0.717) is 18.6 Å². The Labute approximate surface area is 124 Å². The zero-order valence-electron chi connectivity index (χ0n) is 13.7. The first kappa shape index (κ1) is 17.4. The van der Waals surface area contributed by atoms with Gasteiger partial charge in [0.1, 0.15) is 6.04 Å². The van der Waals surface area contributed by atoms with Crippen molar-refractivity contribution in [3.8, 4) is 0 Å². The second kappa shape index (κ2) is 9.35. The maximum atomic E-state index is 12.1. The van der Waals surface area contributed by atoms with Crippen molar-refractivity contribution in [3.05, 3.63) is 0 Å². The van der Waals surface area contributed by atoms with Crippen molar-refractivity contribution in [3.63, 3.8) is 0 Å². The minimum Gasteiger partial charge on any atom is -0.465 e. The van der Waals surface area contributed by atoms with Crippen LogP contribution in [0.3, 0.4) is 0 Å². The smallest absolute Gasteiger partial charge is 0.323 e. The SMILES string of the molecule is CCCC(C(=O)OCC)N1CCCC(CNC(C)C)C1. The summed E-state index contributed by atoms with van der Waals surface area (Å²) in [5.41, 5.74) is 0. The number of hydrogen-bond donors (Lipinski definition) is 1. The molecule has 2 atom stereocenters. The normalized spacial score (nSPS) is 21.9. The van der Waals surface area contributed by atoms with Crippen LogP contribution in [0.4, 0.5) is 0 Å². The fourth-order valence-corrected chi connectivity index (χ4v) is 2.91. The Morgan fingerprint density at radius 2 is 2.15 bits per heavy atom. The molecular weight excluding hydrogens is 252 g/mol. The van der Waals surface area contributed by atoms with Gasteiger partial charge in [-0.3, -0.25) is 9.69 Å². The number of hydrogen-bond acceptors (Lipinski definition) is 4. The molecule has 0 spiro atoms. The second-order valence-corrected chi connectivity index (χ2v) is 6.12. The summed E-state index contributed by atoms with van der Waals surface area (Å²) in [5.74, 6) is 0.617. The molecule has 4 heteroatoms. The first-order valence-corrected chi connectivity index (χ1v) is 8.22. The van der Waals surface area contributed by atoms with E-state index in [2.05, 4.69) is 31.0 Å². The Morgan fingerprint density at radius 3 is 2.75 bits per heavy atom. The van der Waals surface area contributed by atoms with Crippen LogP contribution in [0.5, 0.6) is 0 Å². The molecule has 0 amide bonds. The molecule has 0 aromatic carbocycles. The van der Waals surface area contributed by atoms with Gasteiger partial charge in [-0.05, 0) is 45.2 Å². The maximum absolute atomic E-state index is 12.1. The second-order valence-electron chi connectivity index (χ2n) is 6.12. The van der Waals surface area contributed by atoms with Crippen molar-refractivity contribution in [2.24, 2.45) is 5.92 Å². The highest BCUT2D eigenvalue weighted by molar-refractivity contribution is 5.75. The molecule has 20 heavy (non-hydrogen) atoms. The number of nitrogens with zero attached hydrogens (tertiary/aromatic N) is 1. The summed E-state index contributed by atoms with van der Waals surface area (Å²) in [5, 5.41) is 3.52. The van der Waals surface area contributed by atoms with Gasteiger partial charge in [0, 0.05) is 12.6 Å². The van der Waals surface area contributed by atoms with E-state index in [1.54, 1.807) is 0 Å². The van der Waals surface area contributed by atoms with Crippen LogP contribution in [0.25, 0.3) is 0 Å². The molecule has 1 saturated heterocycles. The summed E-state index contributed by atoms with van der Waals surface area (Å²) in [6.45, 7) is 11.9. The summed E-state index contributed by atoms with van der Waals surface area (Å²) < 4.78 is 5.25. The molecule has 0 aliphatic carbocycles. The summed E-state index contributed by atoms with van der Waals surface area (Å²) in [6.07, 6.45) is 4.38. The van der Waals surface area contributed by atoms with E-state index in [-0.39, 0.29) is 12.0 Å². The Bertz CT molecular complexity index is 282. The van der Waals surface area contributed by atoms with Crippen molar-refractivity contribution < 1.29 is 9.53 Å². The van der Waals surface area contributed by atoms with Crippen LogP contribution in [-0.2, 0) is 9.53 Å². The van der Waals surface area contributed by atoms with E-state index in [4.69, 9.17) is 4.74 Å². The maximum Gasteiger partial charge on any atom is 0.323 e. The lowest BCUT2D eigenvalue weighted by molar-refractivity contribution is -0.150. The van der Waals surface area contributed by atoms with Crippen molar-refractivity contribution >= 4 is 5.97 Å². The quantitative estimate of drug-likeness (QED) is 0.695. The number of piperidine rings is 1. The first-order chi connectivity index (χ1) is 9.58. The van der Waals surface area contributed by atoms with Gasteiger partial charge in [0.05, 0.1) is 6.61 Å². The molecule has 0 aromatic heterocycles. The fourth-order valence-electron chi connectivity index (χ4n) is 2.91. The largest absolute Gasteiger partial charge is 0.465 e. The Kier molecular flexibility index (Phi) is 8.15. The summed E-state index contributed by atoms with van der Waals surface area (Å²) >= 11 is 0. The van der Waals surface area contributed by atoms with Crippen LogP contribution < -0.4 is 5.32 Å². The van der Waals surface area contributed by atoms with E-state index < -0.39 is 0 Å². The Hall–Kier alpha value is -0.610. The average Bonchev–Trinajstić information content (AvgIpc) is 2.43. The van der Waals surface area contributed by atoms with Gasteiger partial charge in [-0.2, -0.15) is 0 Å². The van der Waals surface area contributed by atoms with Crippen LogP contribution in [0, 0.1) is 5.92 Å². The topological polar surface area (TPSA) is 41.6 Å². The molecule has 0 radical (unpaired) electrons. The summed E-state index contributed by atoms with van der Waals surface area (Å²) in [7, 11) is 0. The molecule has 2 unspecified atom stereocenters. The van der Waals surface area contributed by atoms with Gasteiger partial charge in [-0.25, -0.2) is 0 Å². The van der Waals surface area contributed by atoms with Crippen LogP contribution in [0.2, 0.25) is 0 Å². The molecule has 1 N–H and O–H groups in total. The molecule has 118 valence electrons. The molecule has 4 nitrogen and oxygen atoms in total. The van der Waals surface area contributed by atoms with Crippen LogP contribution in [0.1, 0.15) is 53.4 Å². The number of carbonyl (C=O) groups excluding carboxylic acids is 1. The van der Waals surface area contributed by atoms with Gasteiger partial charge in [-0.15, -0.1) is 0 Å². The monoisotopic (exact) mass is 284 g/mol. The van der Waals surface area contributed by atoms with E-state index >= 15 is 0 Å². The van der Waals surface area contributed by atoms with Crippen molar-refractivity contribution in [1.82, 2.24) is 10.2 Å². The van der Waals surface area contributed by atoms with Gasteiger partial charge in [0.25, 0.3) is 0 Å². The molecule has 1 rings (SSSR count). The minimum absolute atomic E-state index is 0.0354. The molecule has 0 aromatic rings. The van der Waals surface area contributed by atoms with E-state index in [9.17, 15) is 4.79 Å². The summed E-state index contributed by atoms with van der Waals surface area (Å²) in [6, 6.07) is 0.490. The minimum atomic E-state index is -0.0400. The molecule has 1 heterocycles. The summed E-state index contributed by atoms with van der Waals surface area (Å²) in [4.78, 5) is 14.5. The number of likely N-dealkylation sites (tertiary alicyclic amines) is 1. The zero-order valence-corrected chi connectivity index (χ0v) is 13.7. The lowest BCUT2D eigenvalue weighted by atomic mass is 9.95. The van der Waals surface area contributed by atoms with Gasteiger partial charge in [-0.1, -0.05) is 27.2 Å². The zero-order chi connectivity index (χ0) is 15.0. The highest BCUT2D eigenvalue weighted by Gasteiger charge is 2.30. The Balaban J connectivity index is 2.54. The molecular formula is C16H32N2O2. The number of ether oxygens (including phenoxy) is 1. The molecule has 1 aliphatic rings. The molecule has 1 fully saturated rings. The van der Waals surface area contributed by atoms with Crippen LogP contribution in [-0.4, -0.2) is 49.2 Å². The third-order valence-electron chi connectivity index (χ3n) is 3.93. The van der Waals surface area contributed by atoms with Crippen molar-refractivity contribution in [1.29, 1.82) is 0 Å². The average molecular weight is 284 g/mol. The standard InChI is InChI=1S/C16H32N2O2/c1-5-8-15(16(19)20-6-2)18-10-7-9-14(12-18)11-17-13(3)4/h13-15,17H,5-12H2,1-4H3. The highest BCUT2D eigenvalue weighted by atomic mass is 16.5. The van der Waals surface area contributed by atoms with Gasteiger partial charge < -0.3 is 10.1 Å². The van der Waals surface area contributed by atoms with Crippen molar-refractivity contribution in [2.75, 3.05) is 26.2 Å². The lowest BCUT2D eigenvalue weighted by Crippen LogP contribution is -2.49. The number of esters is 1. The Morgan fingerprint density at radius 1 is 1.40 bits per heavy atom. The number of nitrogens with one attached hydrogen (secondary N) is 1. The third-order valence-corrected chi connectivity index (χ3v) is 3.93. The molecule has 0 bridgehead atoms. The number of carbonyl (C=O) groups is 1. The molecule has 1 aliphatic heterocycles. The first-order valence-electron chi connectivity index (χ1n) is 8.22. The lowest BCUT2D eigenvalue weighted by Gasteiger charge is -2.37. The third kappa shape index (κ3) is 5.80. The van der Waals surface area contributed by atoms with Crippen molar-refractivity contribution in [2.45, 2.75) is 65.5 Å². The predicted octanol–water partition coefficient (Wildman–Crippen LogP) is 2.43. The predicted molar refractivity (Wildman–Crippen MR) is 82.8 cm³/mol. The molecule has 0 saturated carbocycles. The van der Waals surface area contributed by atoms with Gasteiger partial charge >= 0.3 is 5.97 Å².